The van der Waals surface area contributed by atoms with Crippen LogP contribution in [0.15, 0.2) is 18.2 Å². The van der Waals surface area contributed by atoms with Crippen molar-refractivity contribution in [2.75, 3.05) is 5.32 Å². The molecule has 0 fully saturated rings. The van der Waals surface area contributed by atoms with E-state index in [2.05, 4.69) is 5.32 Å². The molecular formula is C12H12F3N3O. The number of halogens is 3. The number of nitrogens with one attached hydrogen (secondary N) is 1. The van der Waals surface area contributed by atoms with E-state index in [-0.39, 0.29) is 11.3 Å². The number of amides is 1. The predicted molar refractivity (Wildman–Crippen MR) is 63.1 cm³/mol. The number of nitriles is 1. The van der Waals surface area contributed by atoms with Gasteiger partial charge in [-0.3, -0.25) is 4.79 Å². The molecule has 102 valence electrons. The number of carbonyl (C=O) groups is 1. The highest BCUT2D eigenvalue weighted by Gasteiger charge is 2.31. The average molecular weight is 271 g/mol. The van der Waals surface area contributed by atoms with E-state index in [1.54, 1.807) is 13.0 Å². The summed E-state index contributed by atoms with van der Waals surface area (Å²) in [5.74, 6) is -0.543. The van der Waals surface area contributed by atoms with Crippen LogP contribution in [0, 0.1) is 11.3 Å². The Hall–Kier alpha value is -2.07. The van der Waals surface area contributed by atoms with Gasteiger partial charge < -0.3 is 11.1 Å². The van der Waals surface area contributed by atoms with Crippen molar-refractivity contribution < 1.29 is 18.0 Å². The number of nitrogens with zero attached hydrogens (tertiary/aromatic N) is 1. The SMILES string of the molecule is CC[C@@H](N)C(=O)Nc1ccc(C(F)(F)F)cc1C#N. The van der Waals surface area contributed by atoms with Crippen LogP contribution in [0.1, 0.15) is 24.5 Å². The largest absolute Gasteiger partial charge is 0.416 e. The van der Waals surface area contributed by atoms with Crippen molar-refractivity contribution in [3.63, 3.8) is 0 Å². The Labute approximate surface area is 108 Å². The minimum absolute atomic E-state index is 0.0180. The van der Waals surface area contributed by atoms with Crippen LogP contribution in [0.5, 0.6) is 0 Å². The number of hydrogen-bond acceptors (Lipinski definition) is 3. The van der Waals surface area contributed by atoms with Gasteiger partial charge in [0.2, 0.25) is 5.91 Å². The van der Waals surface area contributed by atoms with Crippen LogP contribution in [0.4, 0.5) is 18.9 Å². The number of anilines is 1. The van der Waals surface area contributed by atoms with Crippen LogP contribution >= 0.6 is 0 Å². The first-order valence-electron chi connectivity index (χ1n) is 5.47. The lowest BCUT2D eigenvalue weighted by molar-refractivity contribution is -0.137. The number of benzene rings is 1. The summed E-state index contributed by atoms with van der Waals surface area (Å²) in [6.07, 6.45) is -4.15. The van der Waals surface area contributed by atoms with Crippen LogP contribution in [-0.2, 0) is 11.0 Å². The first-order valence-corrected chi connectivity index (χ1v) is 5.47. The zero-order valence-electron chi connectivity index (χ0n) is 10.1. The maximum absolute atomic E-state index is 12.5. The standard InChI is InChI=1S/C12H12F3N3O/c1-2-9(17)11(19)18-10-4-3-8(12(13,14)15)5-7(10)6-16/h3-5,9H,2,17H2,1H3,(H,18,19)/t9-/m1/s1. The summed E-state index contributed by atoms with van der Waals surface area (Å²) in [4.78, 5) is 11.5. The van der Waals surface area contributed by atoms with Gasteiger partial charge in [0.05, 0.1) is 22.9 Å². The molecule has 3 N–H and O–H groups in total. The van der Waals surface area contributed by atoms with Crippen LogP contribution < -0.4 is 11.1 Å². The van der Waals surface area contributed by atoms with E-state index in [9.17, 15) is 18.0 Å². The summed E-state index contributed by atoms with van der Waals surface area (Å²) in [5, 5.41) is 11.2. The Bertz CT molecular complexity index is 520. The molecule has 0 saturated carbocycles. The number of rotatable bonds is 3. The van der Waals surface area contributed by atoms with Gasteiger partial charge in [0.25, 0.3) is 0 Å². The fourth-order valence-corrected chi connectivity index (χ4v) is 1.33. The third-order valence-corrected chi connectivity index (χ3v) is 2.50. The first-order chi connectivity index (χ1) is 8.79. The second-order valence-electron chi connectivity index (χ2n) is 3.87. The third-order valence-electron chi connectivity index (χ3n) is 2.50. The van der Waals surface area contributed by atoms with E-state index in [1.165, 1.54) is 0 Å². The van der Waals surface area contributed by atoms with Crippen molar-refractivity contribution in [2.24, 2.45) is 5.73 Å². The fourth-order valence-electron chi connectivity index (χ4n) is 1.33. The topological polar surface area (TPSA) is 78.9 Å². The van der Waals surface area contributed by atoms with E-state index < -0.39 is 23.7 Å². The van der Waals surface area contributed by atoms with Gasteiger partial charge in [-0.15, -0.1) is 0 Å². The molecule has 4 nitrogen and oxygen atoms in total. The van der Waals surface area contributed by atoms with E-state index in [0.717, 1.165) is 12.1 Å². The zero-order valence-corrected chi connectivity index (χ0v) is 10.1. The molecule has 1 aromatic rings. The van der Waals surface area contributed by atoms with Crippen LogP contribution in [0.3, 0.4) is 0 Å². The maximum atomic E-state index is 12.5. The van der Waals surface area contributed by atoms with E-state index >= 15 is 0 Å². The summed E-state index contributed by atoms with van der Waals surface area (Å²) in [6, 6.07) is 3.38. The lowest BCUT2D eigenvalue weighted by atomic mass is 10.1. The molecule has 0 heterocycles. The molecule has 0 saturated heterocycles. The van der Waals surface area contributed by atoms with Crippen molar-refractivity contribution in [1.82, 2.24) is 0 Å². The summed E-state index contributed by atoms with van der Waals surface area (Å²) in [6.45, 7) is 1.70. The molecule has 0 aliphatic rings. The highest BCUT2D eigenvalue weighted by Crippen LogP contribution is 2.31. The zero-order chi connectivity index (χ0) is 14.6. The van der Waals surface area contributed by atoms with Crippen LogP contribution in [0.2, 0.25) is 0 Å². The molecule has 0 radical (unpaired) electrons. The molecule has 0 aliphatic carbocycles. The molecule has 1 atom stereocenters. The van der Waals surface area contributed by atoms with Crippen LogP contribution in [0.25, 0.3) is 0 Å². The van der Waals surface area contributed by atoms with Gasteiger partial charge >= 0.3 is 6.18 Å². The number of carbonyl (C=O) groups excluding carboxylic acids is 1. The van der Waals surface area contributed by atoms with Crippen molar-refractivity contribution in [3.05, 3.63) is 29.3 Å². The monoisotopic (exact) mass is 271 g/mol. The maximum Gasteiger partial charge on any atom is 0.416 e. The lowest BCUT2D eigenvalue weighted by Crippen LogP contribution is -2.35. The van der Waals surface area contributed by atoms with Gasteiger partial charge in [0.15, 0.2) is 0 Å². The number of hydrogen-bond donors (Lipinski definition) is 2. The molecule has 1 aromatic carbocycles. The predicted octanol–water partition coefficient (Wildman–Crippen LogP) is 2.25. The Morgan fingerprint density at radius 1 is 1.53 bits per heavy atom. The molecule has 0 unspecified atom stereocenters. The minimum atomic E-state index is -4.53. The summed E-state index contributed by atoms with van der Waals surface area (Å²) in [5.41, 5.74) is 4.30. The molecule has 0 aromatic heterocycles. The van der Waals surface area contributed by atoms with Crippen molar-refractivity contribution in [1.29, 1.82) is 5.26 Å². The second-order valence-corrected chi connectivity index (χ2v) is 3.87. The molecule has 7 heteroatoms. The first kappa shape index (κ1) is 15.0. The number of alkyl halides is 3. The van der Waals surface area contributed by atoms with Gasteiger partial charge in [-0.1, -0.05) is 6.92 Å². The van der Waals surface area contributed by atoms with Gasteiger partial charge in [0.1, 0.15) is 6.07 Å². The quantitative estimate of drug-likeness (QED) is 0.885. The Kier molecular flexibility index (Phi) is 4.51. The van der Waals surface area contributed by atoms with Gasteiger partial charge in [0, 0.05) is 0 Å². The summed E-state index contributed by atoms with van der Waals surface area (Å²) < 4.78 is 37.4. The second kappa shape index (κ2) is 5.71. The molecule has 0 spiro atoms. The van der Waals surface area contributed by atoms with Crippen molar-refractivity contribution >= 4 is 11.6 Å². The normalized spacial score (nSPS) is 12.6. The molecule has 0 bridgehead atoms. The lowest BCUT2D eigenvalue weighted by Gasteiger charge is -2.13. The summed E-state index contributed by atoms with van der Waals surface area (Å²) >= 11 is 0. The highest BCUT2D eigenvalue weighted by atomic mass is 19.4. The van der Waals surface area contributed by atoms with E-state index in [1.807, 2.05) is 0 Å². The average Bonchev–Trinajstić information content (AvgIpc) is 2.36. The number of nitrogens with two attached hydrogens (primary N) is 1. The third kappa shape index (κ3) is 3.69. The molecular weight excluding hydrogens is 259 g/mol. The Morgan fingerprint density at radius 2 is 2.16 bits per heavy atom. The van der Waals surface area contributed by atoms with Crippen molar-refractivity contribution in [3.8, 4) is 6.07 Å². The fraction of sp³-hybridized carbons (Fsp3) is 0.333. The van der Waals surface area contributed by atoms with E-state index in [0.29, 0.717) is 12.5 Å². The van der Waals surface area contributed by atoms with Gasteiger partial charge in [-0.2, -0.15) is 18.4 Å². The van der Waals surface area contributed by atoms with Crippen LogP contribution in [-0.4, -0.2) is 11.9 Å². The summed E-state index contributed by atoms with van der Waals surface area (Å²) in [7, 11) is 0. The van der Waals surface area contributed by atoms with E-state index in [4.69, 9.17) is 11.0 Å². The minimum Gasteiger partial charge on any atom is -0.324 e. The Balaban J connectivity index is 3.05. The molecule has 1 rings (SSSR count). The Morgan fingerprint density at radius 3 is 2.63 bits per heavy atom. The van der Waals surface area contributed by atoms with Gasteiger partial charge in [-0.05, 0) is 24.6 Å². The smallest absolute Gasteiger partial charge is 0.324 e. The molecule has 19 heavy (non-hydrogen) atoms. The van der Waals surface area contributed by atoms with Crippen molar-refractivity contribution in [2.45, 2.75) is 25.6 Å². The highest BCUT2D eigenvalue weighted by molar-refractivity contribution is 5.95. The van der Waals surface area contributed by atoms with Gasteiger partial charge in [-0.25, -0.2) is 0 Å². The molecule has 1 amide bonds. The molecule has 0 aliphatic heterocycles.